The Kier molecular flexibility index (Phi) is 5.16. The van der Waals surface area contributed by atoms with Gasteiger partial charge in [0.15, 0.2) is 0 Å². The van der Waals surface area contributed by atoms with E-state index in [1.54, 1.807) is 6.20 Å². The average Bonchev–Trinajstić information content (AvgIpc) is 3.33. The third kappa shape index (κ3) is 3.69. The van der Waals surface area contributed by atoms with Gasteiger partial charge < -0.3 is 15.2 Å². The Bertz CT molecular complexity index is 1090. The first kappa shape index (κ1) is 20.4. The fraction of sp³-hybridized carbons (Fsp3) is 0.522. The van der Waals surface area contributed by atoms with E-state index < -0.39 is 6.10 Å². The predicted molar refractivity (Wildman–Crippen MR) is 120 cm³/mol. The number of aliphatic hydroxyl groups excluding tert-OH is 1. The zero-order valence-corrected chi connectivity index (χ0v) is 18.4. The number of anilines is 2. The van der Waals surface area contributed by atoms with E-state index in [1.807, 2.05) is 13.1 Å². The van der Waals surface area contributed by atoms with Crippen LogP contribution >= 0.6 is 0 Å². The van der Waals surface area contributed by atoms with Crippen LogP contribution in [-0.2, 0) is 4.74 Å². The molecule has 5 rings (SSSR count). The number of likely N-dealkylation sites (tertiary alicyclic amines) is 1. The van der Waals surface area contributed by atoms with Gasteiger partial charge in [-0.25, -0.2) is 9.97 Å². The smallest absolute Gasteiger partial charge is 0.227 e. The molecule has 8 nitrogen and oxygen atoms in total. The van der Waals surface area contributed by atoms with Crippen molar-refractivity contribution in [3.8, 4) is 0 Å². The fourth-order valence-electron chi connectivity index (χ4n) is 4.96. The van der Waals surface area contributed by atoms with Crippen LogP contribution in [0.2, 0.25) is 0 Å². The van der Waals surface area contributed by atoms with Crippen molar-refractivity contribution in [1.82, 2.24) is 25.1 Å². The van der Waals surface area contributed by atoms with Crippen LogP contribution in [0.5, 0.6) is 0 Å². The van der Waals surface area contributed by atoms with Crippen LogP contribution < -0.4 is 5.32 Å². The number of nitrogens with zero attached hydrogens (tertiary/aromatic N) is 4. The van der Waals surface area contributed by atoms with Gasteiger partial charge in [0.1, 0.15) is 0 Å². The van der Waals surface area contributed by atoms with Crippen LogP contribution in [0, 0.1) is 13.8 Å². The van der Waals surface area contributed by atoms with Gasteiger partial charge in [0, 0.05) is 11.6 Å². The zero-order valence-electron chi connectivity index (χ0n) is 18.4. The maximum atomic E-state index is 10.4. The number of aliphatic hydroxyl groups is 1. The molecule has 0 amide bonds. The zero-order chi connectivity index (χ0) is 21.6. The number of nitrogens with one attached hydrogen (secondary N) is 2. The van der Waals surface area contributed by atoms with E-state index in [9.17, 15) is 5.11 Å². The molecule has 0 unspecified atom stereocenters. The second-order valence-corrected chi connectivity index (χ2v) is 9.14. The minimum absolute atomic E-state index is 0.261. The Balaban J connectivity index is 1.36. The molecular weight excluding hydrogens is 392 g/mol. The lowest BCUT2D eigenvalue weighted by Crippen LogP contribution is -2.56. The summed E-state index contributed by atoms with van der Waals surface area (Å²) >= 11 is 0. The van der Waals surface area contributed by atoms with Crippen LogP contribution in [0.1, 0.15) is 42.5 Å². The number of hydrogen-bond donors (Lipinski definition) is 3. The van der Waals surface area contributed by atoms with Crippen molar-refractivity contribution in [2.75, 3.05) is 31.6 Å². The Morgan fingerprint density at radius 2 is 2.03 bits per heavy atom. The van der Waals surface area contributed by atoms with E-state index in [2.05, 4.69) is 51.4 Å². The number of rotatable bonds is 4. The first-order valence-electron chi connectivity index (χ1n) is 11.0. The summed E-state index contributed by atoms with van der Waals surface area (Å²) in [4.78, 5) is 11.6. The van der Waals surface area contributed by atoms with Crippen molar-refractivity contribution in [2.24, 2.45) is 0 Å². The van der Waals surface area contributed by atoms with Gasteiger partial charge in [0.2, 0.25) is 5.95 Å². The van der Waals surface area contributed by atoms with Crippen LogP contribution in [0.15, 0.2) is 24.5 Å². The molecule has 0 radical (unpaired) electrons. The summed E-state index contributed by atoms with van der Waals surface area (Å²) in [6.45, 7) is 9.24. The van der Waals surface area contributed by atoms with Crippen molar-refractivity contribution in [2.45, 2.75) is 51.2 Å². The second kappa shape index (κ2) is 7.85. The molecule has 2 aliphatic heterocycles. The minimum Gasteiger partial charge on any atom is -0.389 e. The molecule has 3 aromatic rings. The first-order valence-corrected chi connectivity index (χ1v) is 11.0. The summed E-state index contributed by atoms with van der Waals surface area (Å²) in [5.41, 5.74) is 5.18. The maximum Gasteiger partial charge on any atom is 0.227 e. The maximum absolute atomic E-state index is 10.4. The molecule has 0 aliphatic carbocycles. The molecule has 0 bridgehead atoms. The number of aromatic amines is 1. The molecule has 0 saturated carbocycles. The van der Waals surface area contributed by atoms with Crippen LogP contribution in [0.25, 0.3) is 10.9 Å². The quantitative estimate of drug-likeness (QED) is 0.594. The topological polar surface area (TPSA) is 99.2 Å². The summed E-state index contributed by atoms with van der Waals surface area (Å²) in [7, 11) is 0. The van der Waals surface area contributed by atoms with Crippen LogP contribution in [0.4, 0.5) is 11.6 Å². The number of fused-ring (bicyclic) bond motifs is 1. The van der Waals surface area contributed by atoms with Gasteiger partial charge in [-0.15, -0.1) is 0 Å². The van der Waals surface area contributed by atoms with Gasteiger partial charge in [0.25, 0.3) is 0 Å². The number of aryl methyl sites for hydroxylation is 2. The largest absolute Gasteiger partial charge is 0.389 e. The highest BCUT2D eigenvalue weighted by molar-refractivity contribution is 5.81. The molecule has 2 aromatic heterocycles. The number of piperidine rings is 1. The van der Waals surface area contributed by atoms with E-state index >= 15 is 0 Å². The van der Waals surface area contributed by atoms with E-state index in [-0.39, 0.29) is 5.54 Å². The van der Waals surface area contributed by atoms with Crippen molar-refractivity contribution < 1.29 is 9.84 Å². The van der Waals surface area contributed by atoms with Gasteiger partial charge in [-0.2, -0.15) is 5.10 Å². The third-order valence-electron chi connectivity index (χ3n) is 7.09. The molecule has 164 valence electrons. The van der Waals surface area contributed by atoms with Crippen molar-refractivity contribution in [3.63, 3.8) is 0 Å². The molecule has 31 heavy (non-hydrogen) atoms. The monoisotopic (exact) mass is 422 g/mol. The summed E-state index contributed by atoms with van der Waals surface area (Å²) in [6.07, 6.45) is 5.34. The van der Waals surface area contributed by atoms with E-state index in [1.165, 1.54) is 11.1 Å². The number of ether oxygens (including phenoxy) is 1. The molecule has 2 aliphatic rings. The standard InChI is InChI=1S/C23H30N6O2/c1-14-8-17-10-24-22(27-20-11-25-28-15(20)2)26-19(17)9-18(14)16-4-6-29(7-5-16)23(3)13-31-12-21(23)30/h8-11,16,21,30H,4-7,12-13H2,1-3H3,(H,25,28)(H,24,26,27)/t21-,23+/m1/s1. The predicted octanol–water partition coefficient (Wildman–Crippen LogP) is 3.04. The van der Waals surface area contributed by atoms with Crippen LogP contribution in [0.3, 0.4) is 0 Å². The minimum atomic E-state index is -0.409. The average molecular weight is 423 g/mol. The first-order chi connectivity index (χ1) is 14.9. The molecular formula is C23H30N6O2. The van der Waals surface area contributed by atoms with Gasteiger partial charge >= 0.3 is 0 Å². The highest BCUT2D eigenvalue weighted by Gasteiger charge is 2.44. The highest BCUT2D eigenvalue weighted by atomic mass is 16.5. The number of aromatic nitrogens is 4. The van der Waals surface area contributed by atoms with Gasteiger partial charge in [-0.3, -0.25) is 10.00 Å². The number of H-pyrrole nitrogens is 1. The molecule has 0 spiro atoms. The lowest BCUT2D eigenvalue weighted by molar-refractivity contribution is -0.00214. The lowest BCUT2D eigenvalue weighted by atomic mass is 9.84. The summed E-state index contributed by atoms with van der Waals surface area (Å²) in [5, 5.41) is 21.6. The highest BCUT2D eigenvalue weighted by Crippen LogP contribution is 2.36. The molecule has 2 fully saturated rings. The number of benzene rings is 1. The molecule has 1 aromatic carbocycles. The Morgan fingerprint density at radius 3 is 2.71 bits per heavy atom. The Hall–Kier alpha value is -2.55. The summed E-state index contributed by atoms with van der Waals surface area (Å²) in [5.74, 6) is 1.07. The Labute approximate surface area is 182 Å². The SMILES string of the molecule is Cc1cc2cnc(Nc3cn[nH]c3C)nc2cc1C1CCN([C@@]2(C)COC[C@H]2O)CC1. The van der Waals surface area contributed by atoms with Gasteiger partial charge in [-0.1, -0.05) is 0 Å². The normalized spacial score (nSPS) is 25.4. The fourth-order valence-corrected chi connectivity index (χ4v) is 4.96. The molecule has 2 atom stereocenters. The lowest BCUT2D eigenvalue weighted by Gasteiger charge is -2.43. The molecule has 3 N–H and O–H groups in total. The van der Waals surface area contributed by atoms with Gasteiger partial charge in [0.05, 0.1) is 48.0 Å². The van der Waals surface area contributed by atoms with E-state index in [4.69, 9.17) is 9.72 Å². The summed E-state index contributed by atoms with van der Waals surface area (Å²) in [6, 6.07) is 4.43. The van der Waals surface area contributed by atoms with E-state index in [0.717, 1.165) is 48.2 Å². The molecule has 8 heteroatoms. The summed E-state index contributed by atoms with van der Waals surface area (Å²) < 4.78 is 5.54. The number of hydrogen-bond acceptors (Lipinski definition) is 7. The second-order valence-electron chi connectivity index (χ2n) is 9.14. The van der Waals surface area contributed by atoms with Crippen molar-refractivity contribution >= 4 is 22.5 Å². The third-order valence-corrected chi connectivity index (χ3v) is 7.09. The molecule has 4 heterocycles. The van der Waals surface area contributed by atoms with Crippen molar-refractivity contribution in [3.05, 3.63) is 41.3 Å². The van der Waals surface area contributed by atoms with Crippen molar-refractivity contribution in [1.29, 1.82) is 0 Å². The van der Waals surface area contributed by atoms with E-state index in [0.29, 0.717) is 25.1 Å². The Morgan fingerprint density at radius 1 is 1.23 bits per heavy atom. The van der Waals surface area contributed by atoms with Crippen LogP contribution in [-0.4, -0.2) is 68.1 Å². The van der Waals surface area contributed by atoms with Gasteiger partial charge in [-0.05, 0) is 75.9 Å². The molecule has 2 saturated heterocycles.